The predicted octanol–water partition coefficient (Wildman–Crippen LogP) is 14.9. The molecule has 1 aliphatic heterocycles. The number of rotatable bonds is 5. The number of fused-ring (bicyclic) bond motifs is 12. The van der Waals surface area contributed by atoms with Gasteiger partial charge in [0.2, 0.25) is 0 Å². The molecular formula is C55H36N2O. The number of anilines is 6. The van der Waals surface area contributed by atoms with E-state index in [0.29, 0.717) is 0 Å². The molecule has 2 heterocycles. The minimum Gasteiger partial charge on any atom is -0.453 e. The lowest BCUT2D eigenvalue weighted by molar-refractivity contribution is 0.670. The van der Waals surface area contributed by atoms with Crippen molar-refractivity contribution in [1.82, 2.24) is 0 Å². The summed E-state index contributed by atoms with van der Waals surface area (Å²) in [5.74, 6) is 0. The maximum absolute atomic E-state index is 7.21. The topological polar surface area (TPSA) is 19.6 Å². The zero-order valence-corrected chi connectivity index (χ0v) is 31.6. The normalized spacial score (nSPS) is 13.3. The monoisotopic (exact) mass is 740 g/mol. The van der Waals surface area contributed by atoms with Gasteiger partial charge in [-0.05, 0) is 93.5 Å². The van der Waals surface area contributed by atoms with Gasteiger partial charge in [-0.1, -0.05) is 164 Å². The average molecular weight is 741 g/mol. The fourth-order valence-electron chi connectivity index (χ4n) is 10.0. The number of nitrogens with zero attached hydrogens (tertiary/aromatic N) is 2. The van der Waals surface area contributed by atoms with E-state index in [9.17, 15) is 0 Å². The second kappa shape index (κ2) is 12.7. The Labute approximate surface area is 337 Å². The van der Waals surface area contributed by atoms with Crippen LogP contribution in [0.2, 0.25) is 0 Å². The second-order valence-electron chi connectivity index (χ2n) is 15.2. The van der Waals surface area contributed by atoms with Crippen molar-refractivity contribution in [3.05, 3.63) is 241 Å². The van der Waals surface area contributed by atoms with Gasteiger partial charge in [-0.25, -0.2) is 0 Å². The van der Waals surface area contributed by atoms with E-state index >= 15 is 0 Å². The van der Waals surface area contributed by atoms with E-state index in [1.165, 1.54) is 44.8 Å². The molecule has 0 unspecified atom stereocenters. The van der Waals surface area contributed by atoms with E-state index in [1.807, 2.05) is 0 Å². The van der Waals surface area contributed by atoms with Gasteiger partial charge in [-0.3, -0.25) is 0 Å². The van der Waals surface area contributed by atoms with Gasteiger partial charge in [0.25, 0.3) is 0 Å². The summed E-state index contributed by atoms with van der Waals surface area (Å²) in [6, 6.07) is 78.9. The SMILES string of the molecule is c1ccc(N2c3ccccc3C3(c4ccccc4-c4c(-c5cccc6c5oc5c(N(c7ccccc7)c7ccccc7)cccc56)cccc43)c3ccccc32)cc1. The molecule has 0 radical (unpaired) electrons. The van der Waals surface area contributed by atoms with E-state index in [0.717, 1.165) is 55.8 Å². The lowest BCUT2D eigenvalue weighted by atomic mass is 9.64. The Morgan fingerprint density at radius 3 is 1.52 bits per heavy atom. The highest BCUT2D eigenvalue weighted by molar-refractivity contribution is 6.15. The van der Waals surface area contributed by atoms with Gasteiger partial charge < -0.3 is 14.2 Å². The van der Waals surface area contributed by atoms with Crippen molar-refractivity contribution < 1.29 is 4.42 Å². The molecule has 2 aliphatic rings. The fraction of sp³-hybridized carbons (Fsp3) is 0.0182. The number of hydrogen-bond acceptors (Lipinski definition) is 3. The van der Waals surface area contributed by atoms with Crippen molar-refractivity contribution in [3.63, 3.8) is 0 Å². The summed E-state index contributed by atoms with van der Waals surface area (Å²) in [4.78, 5) is 4.72. The molecule has 3 heteroatoms. The van der Waals surface area contributed by atoms with Gasteiger partial charge in [-0.2, -0.15) is 0 Å². The third kappa shape index (κ3) is 4.50. The Balaban J connectivity index is 1.12. The first kappa shape index (κ1) is 32.6. The Morgan fingerprint density at radius 1 is 0.362 bits per heavy atom. The molecule has 0 N–H and O–H groups in total. The largest absolute Gasteiger partial charge is 0.453 e. The molecule has 0 atom stereocenters. The highest BCUT2D eigenvalue weighted by atomic mass is 16.3. The standard InChI is InChI=1S/C55H36N2O/c1-4-19-37(20-5-1)56(38-21-6-2-7-22-38)51-36-18-29-43-42-28-16-27-41(53(42)58-54(43)51)40-26-17-33-48-52(40)44-25-10-11-30-45(44)55(48)46-31-12-14-34-49(46)57(39-23-8-3-9-24-39)50-35-15-13-32-47(50)55/h1-36H. The van der Waals surface area contributed by atoms with Crippen LogP contribution in [0.4, 0.5) is 34.1 Å². The molecule has 9 aromatic carbocycles. The van der Waals surface area contributed by atoms with Crippen LogP contribution in [0, 0.1) is 0 Å². The van der Waals surface area contributed by atoms with E-state index in [2.05, 4.69) is 228 Å². The fourth-order valence-corrected chi connectivity index (χ4v) is 10.0. The maximum atomic E-state index is 7.21. The first-order valence-corrected chi connectivity index (χ1v) is 19.9. The first-order chi connectivity index (χ1) is 28.8. The van der Waals surface area contributed by atoms with Crippen molar-refractivity contribution in [3.8, 4) is 22.3 Å². The molecule has 272 valence electrons. The Bertz CT molecular complexity index is 3100. The molecule has 1 aromatic heterocycles. The molecule has 0 amide bonds. The molecule has 58 heavy (non-hydrogen) atoms. The molecule has 0 fully saturated rings. The van der Waals surface area contributed by atoms with E-state index < -0.39 is 5.41 Å². The minimum atomic E-state index is -0.540. The van der Waals surface area contributed by atoms with Crippen molar-refractivity contribution in [2.75, 3.05) is 9.80 Å². The van der Waals surface area contributed by atoms with Crippen LogP contribution in [0.3, 0.4) is 0 Å². The van der Waals surface area contributed by atoms with Gasteiger partial charge in [0.15, 0.2) is 5.58 Å². The number of benzene rings is 9. The van der Waals surface area contributed by atoms with Crippen LogP contribution in [0.1, 0.15) is 22.3 Å². The van der Waals surface area contributed by atoms with E-state index in [4.69, 9.17) is 4.42 Å². The zero-order chi connectivity index (χ0) is 38.2. The number of hydrogen-bond donors (Lipinski definition) is 0. The van der Waals surface area contributed by atoms with Crippen LogP contribution in [-0.4, -0.2) is 0 Å². The quantitative estimate of drug-likeness (QED) is 0.175. The summed E-state index contributed by atoms with van der Waals surface area (Å²) in [6.07, 6.45) is 0. The number of para-hydroxylation sites is 7. The third-order valence-corrected chi connectivity index (χ3v) is 12.2. The molecule has 10 aromatic rings. The van der Waals surface area contributed by atoms with Crippen LogP contribution in [0.5, 0.6) is 0 Å². The van der Waals surface area contributed by atoms with Crippen LogP contribution >= 0.6 is 0 Å². The van der Waals surface area contributed by atoms with Crippen molar-refractivity contribution in [1.29, 1.82) is 0 Å². The smallest absolute Gasteiger partial charge is 0.159 e. The van der Waals surface area contributed by atoms with Gasteiger partial charge in [0.05, 0.1) is 22.5 Å². The maximum Gasteiger partial charge on any atom is 0.159 e. The molecule has 12 rings (SSSR count). The third-order valence-electron chi connectivity index (χ3n) is 12.2. The highest BCUT2D eigenvalue weighted by Gasteiger charge is 2.52. The molecule has 1 spiro atoms. The van der Waals surface area contributed by atoms with Crippen LogP contribution in [-0.2, 0) is 5.41 Å². The lowest BCUT2D eigenvalue weighted by Gasteiger charge is -2.45. The van der Waals surface area contributed by atoms with Gasteiger partial charge in [0.1, 0.15) is 5.58 Å². The molecule has 0 saturated carbocycles. The Morgan fingerprint density at radius 2 is 0.845 bits per heavy atom. The Kier molecular flexibility index (Phi) is 7.14. The zero-order valence-electron chi connectivity index (χ0n) is 31.6. The average Bonchev–Trinajstić information content (AvgIpc) is 3.83. The van der Waals surface area contributed by atoms with Crippen molar-refractivity contribution in [2.24, 2.45) is 0 Å². The molecule has 0 saturated heterocycles. The summed E-state index contributed by atoms with van der Waals surface area (Å²) in [7, 11) is 0. The van der Waals surface area contributed by atoms with Gasteiger partial charge >= 0.3 is 0 Å². The van der Waals surface area contributed by atoms with Crippen molar-refractivity contribution in [2.45, 2.75) is 5.41 Å². The van der Waals surface area contributed by atoms with Gasteiger partial charge in [-0.15, -0.1) is 0 Å². The number of furan rings is 1. The Hall–Kier alpha value is -7.62. The summed E-state index contributed by atoms with van der Waals surface area (Å²) < 4.78 is 7.21. The first-order valence-electron chi connectivity index (χ1n) is 19.9. The summed E-state index contributed by atoms with van der Waals surface area (Å²) in [5.41, 5.74) is 17.7. The molecule has 0 bridgehead atoms. The summed E-state index contributed by atoms with van der Waals surface area (Å²) in [5, 5.41) is 2.19. The summed E-state index contributed by atoms with van der Waals surface area (Å²) >= 11 is 0. The molecular weight excluding hydrogens is 705 g/mol. The molecule has 3 nitrogen and oxygen atoms in total. The molecule has 1 aliphatic carbocycles. The van der Waals surface area contributed by atoms with E-state index in [-0.39, 0.29) is 0 Å². The van der Waals surface area contributed by atoms with Gasteiger partial charge in [0, 0.05) is 33.4 Å². The van der Waals surface area contributed by atoms with Crippen LogP contribution in [0.15, 0.2) is 223 Å². The van der Waals surface area contributed by atoms with Crippen molar-refractivity contribution >= 4 is 56.1 Å². The minimum absolute atomic E-state index is 0.540. The van der Waals surface area contributed by atoms with Crippen LogP contribution < -0.4 is 9.80 Å². The van der Waals surface area contributed by atoms with E-state index in [1.54, 1.807) is 0 Å². The highest BCUT2D eigenvalue weighted by Crippen LogP contribution is 2.64. The predicted molar refractivity (Wildman–Crippen MR) is 239 cm³/mol. The van der Waals surface area contributed by atoms with Crippen LogP contribution in [0.25, 0.3) is 44.2 Å². The lowest BCUT2D eigenvalue weighted by Crippen LogP contribution is -2.36. The second-order valence-corrected chi connectivity index (χ2v) is 15.2. The summed E-state index contributed by atoms with van der Waals surface area (Å²) in [6.45, 7) is 0.